The van der Waals surface area contributed by atoms with Crippen molar-refractivity contribution >= 4 is 21.8 Å². The molecule has 182 valence electrons. The molecule has 0 bridgehead atoms. The van der Waals surface area contributed by atoms with Crippen LogP contribution < -0.4 is 10.1 Å². The molecule has 1 aliphatic heterocycles. The third kappa shape index (κ3) is 4.91. The van der Waals surface area contributed by atoms with E-state index in [9.17, 15) is 9.90 Å². The van der Waals surface area contributed by atoms with E-state index in [0.717, 1.165) is 65.4 Å². The van der Waals surface area contributed by atoms with Crippen LogP contribution in [0.5, 0.6) is 11.5 Å². The second-order valence-corrected chi connectivity index (χ2v) is 11.1. The van der Waals surface area contributed by atoms with Crippen molar-refractivity contribution in [3.05, 3.63) is 68.7 Å². The summed E-state index contributed by atoms with van der Waals surface area (Å²) >= 11 is 3.55. The number of benzene rings is 2. The summed E-state index contributed by atoms with van der Waals surface area (Å²) in [6, 6.07) is 9.87. The van der Waals surface area contributed by atoms with Crippen LogP contribution in [0.1, 0.15) is 92.8 Å². The number of rotatable bonds is 7. The molecule has 0 aromatic heterocycles. The van der Waals surface area contributed by atoms with Crippen LogP contribution in [0.4, 0.5) is 0 Å². The number of carbonyl (C=O) groups is 1. The Balaban J connectivity index is 1.75. The van der Waals surface area contributed by atoms with Gasteiger partial charge in [-0.3, -0.25) is 4.79 Å². The van der Waals surface area contributed by atoms with Gasteiger partial charge >= 0.3 is 0 Å². The average Bonchev–Trinajstić information content (AvgIpc) is 2.77. The van der Waals surface area contributed by atoms with Gasteiger partial charge in [-0.15, -0.1) is 0 Å². The van der Waals surface area contributed by atoms with Crippen LogP contribution in [-0.4, -0.2) is 16.6 Å². The van der Waals surface area contributed by atoms with Crippen molar-refractivity contribution in [3.63, 3.8) is 0 Å². The molecule has 2 aliphatic rings. The lowest BCUT2D eigenvalue weighted by Crippen LogP contribution is -2.45. The standard InChI is InChI=1S/C29H36BrNO3/c1-5-6-7-10-19-16-24-26(21-15-18(2)13-14-22(21)29(3,4)34-24)27(32)25(19)28(33)31-17-20-11-8-9-12-23(20)30/h8-9,11-12,15-16,21-22,32H,5-7,10,13-14,17H2,1-4H3,(H,31,33). The maximum absolute atomic E-state index is 13.5. The molecule has 4 rings (SSSR count). The van der Waals surface area contributed by atoms with Gasteiger partial charge < -0.3 is 15.2 Å². The number of phenolic OH excluding ortho intramolecular Hbond substituents is 1. The van der Waals surface area contributed by atoms with Gasteiger partial charge in [0.05, 0.1) is 5.56 Å². The molecule has 0 spiro atoms. The summed E-state index contributed by atoms with van der Waals surface area (Å²) in [5, 5.41) is 14.7. The van der Waals surface area contributed by atoms with E-state index in [-0.39, 0.29) is 29.1 Å². The number of carbonyl (C=O) groups excluding carboxylic acids is 1. The third-order valence-corrected chi connectivity index (χ3v) is 8.18. The van der Waals surface area contributed by atoms with Crippen LogP contribution in [0.15, 0.2) is 46.5 Å². The first kappa shape index (κ1) is 24.8. The fourth-order valence-electron chi connectivity index (χ4n) is 5.53. The van der Waals surface area contributed by atoms with Crippen molar-refractivity contribution in [1.29, 1.82) is 0 Å². The number of halogens is 1. The second kappa shape index (κ2) is 10.2. The molecular formula is C29H36BrNO3. The minimum atomic E-state index is -0.328. The average molecular weight is 527 g/mol. The van der Waals surface area contributed by atoms with Crippen molar-refractivity contribution in [2.24, 2.45) is 5.92 Å². The molecule has 1 amide bonds. The number of fused-ring (bicyclic) bond motifs is 3. The summed E-state index contributed by atoms with van der Waals surface area (Å²) in [4.78, 5) is 13.5. The molecule has 1 heterocycles. The predicted molar refractivity (Wildman–Crippen MR) is 141 cm³/mol. The molecule has 2 unspecified atom stereocenters. The van der Waals surface area contributed by atoms with Crippen molar-refractivity contribution in [2.75, 3.05) is 0 Å². The highest BCUT2D eigenvalue weighted by Gasteiger charge is 2.46. The Kier molecular flexibility index (Phi) is 7.42. The molecule has 2 N–H and O–H groups in total. The van der Waals surface area contributed by atoms with E-state index in [1.807, 2.05) is 30.3 Å². The molecule has 0 radical (unpaired) electrons. The Morgan fingerprint density at radius 3 is 2.74 bits per heavy atom. The number of hydrogen-bond acceptors (Lipinski definition) is 3. The van der Waals surface area contributed by atoms with Crippen molar-refractivity contribution in [3.8, 4) is 11.5 Å². The summed E-state index contributed by atoms with van der Waals surface area (Å²) in [5.41, 5.74) is 4.04. The highest BCUT2D eigenvalue weighted by molar-refractivity contribution is 9.10. The van der Waals surface area contributed by atoms with Gasteiger partial charge in [-0.25, -0.2) is 0 Å². The van der Waals surface area contributed by atoms with Gasteiger partial charge in [0.15, 0.2) is 0 Å². The van der Waals surface area contributed by atoms with Gasteiger partial charge in [-0.1, -0.05) is 65.5 Å². The Labute approximate surface area is 211 Å². The predicted octanol–water partition coefficient (Wildman–Crippen LogP) is 7.43. The highest BCUT2D eigenvalue weighted by atomic mass is 79.9. The topological polar surface area (TPSA) is 58.6 Å². The van der Waals surface area contributed by atoms with Gasteiger partial charge in [0.25, 0.3) is 5.91 Å². The first-order valence-electron chi connectivity index (χ1n) is 12.5. The van der Waals surface area contributed by atoms with E-state index in [1.165, 1.54) is 5.57 Å². The van der Waals surface area contributed by atoms with Gasteiger partial charge in [0.1, 0.15) is 17.1 Å². The van der Waals surface area contributed by atoms with Crippen LogP contribution in [0.3, 0.4) is 0 Å². The summed E-state index contributed by atoms with van der Waals surface area (Å²) < 4.78 is 7.46. The van der Waals surface area contributed by atoms with Crippen molar-refractivity contribution in [2.45, 2.75) is 84.3 Å². The van der Waals surface area contributed by atoms with E-state index in [2.05, 4.69) is 55.0 Å². The Morgan fingerprint density at radius 1 is 1.24 bits per heavy atom. The number of phenols is 1. The molecule has 0 saturated carbocycles. The Hall–Kier alpha value is -2.27. The number of aryl methyl sites for hydroxylation is 1. The summed E-state index contributed by atoms with van der Waals surface area (Å²) in [7, 11) is 0. The van der Waals surface area contributed by atoms with Crippen LogP contribution >= 0.6 is 15.9 Å². The monoisotopic (exact) mass is 525 g/mol. The molecular weight excluding hydrogens is 490 g/mol. The van der Waals surface area contributed by atoms with E-state index in [1.54, 1.807) is 0 Å². The second-order valence-electron chi connectivity index (χ2n) is 10.3. The molecule has 4 nitrogen and oxygen atoms in total. The number of aromatic hydroxyl groups is 1. The zero-order valence-electron chi connectivity index (χ0n) is 20.7. The maximum Gasteiger partial charge on any atom is 0.255 e. The summed E-state index contributed by atoms with van der Waals surface area (Å²) in [6.07, 6.45) is 8.20. The molecule has 2 aromatic rings. The van der Waals surface area contributed by atoms with Crippen LogP contribution in [-0.2, 0) is 13.0 Å². The molecule has 0 fully saturated rings. The highest BCUT2D eigenvalue weighted by Crippen LogP contribution is 2.54. The largest absolute Gasteiger partial charge is 0.507 e. The first-order chi connectivity index (χ1) is 16.2. The maximum atomic E-state index is 13.5. The van der Waals surface area contributed by atoms with E-state index < -0.39 is 0 Å². The lowest BCUT2D eigenvalue weighted by atomic mass is 9.67. The van der Waals surface area contributed by atoms with Crippen molar-refractivity contribution < 1.29 is 14.6 Å². The first-order valence-corrected chi connectivity index (χ1v) is 13.3. The number of nitrogens with one attached hydrogen (secondary N) is 1. The molecule has 0 saturated heterocycles. The van der Waals surface area contributed by atoms with Gasteiger partial charge in [0.2, 0.25) is 0 Å². The van der Waals surface area contributed by atoms with E-state index in [0.29, 0.717) is 12.1 Å². The smallest absolute Gasteiger partial charge is 0.255 e. The lowest BCUT2D eigenvalue weighted by molar-refractivity contribution is 0.0107. The normalized spacial score (nSPS) is 20.6. The summed E-state index contributed by atoms with van der Waals surface area (Å²) in [6.45, 7) is 9.00. The fraction of sp³-hybridized carbons (Fsp3) is 0.483. The molecule has 34 heavy (non-hydrogen) atoms. The molecule has 2 atom stereocenters. The van der Waals surface area contributed by atoms with Crippen LogP contribution in [0.25, 0.3) is 0 Å². The zero-order chi connectivity index (χ0) is 24.5. The molecule has 2 aromatic carbocycles. The number of amides is 1. The Bertz CT molecular complexity index is 1100. The van der Waals surface area contributed by atoms with E-state index in [4.69, 9.17) is 4.74 Å². The summed E-state index contributed by atoms with van der Waals surface area (Å²) in [5.74, 6) is 0.887. The molecule has 1 aliphatic carbocycles. The van der Waals surface area contributed by atoms with Crippen LogP contribution in [0.2, 0.25) is 0 Å². The number of hydrogen-bond donors (Lipinski definition) is 2. The van der Waals surface area contributed by atoms with Crippen molar-refractivity contribution in [1.82, 2.24) is 5.32 Å². The number of ether oxygens (including phenoxy) is 1. The lowest BCUT2D eigenvalue weighted by Gasteiger charge is -2.46. The van der Waals surface area contributed by atoms with Gasteiger partial charge in [0, 0.05) is 28.4 Å². The quantitative estimate of drug-likeness (QED) is 0.291. The fourth-order valence-corrected chi connectivity index (χ4v) is 5.96. The van der Waals surface area contributed by atoms with Gasteiger partial charge in [-0.2, -0.15) is 0 Å². The minimum absolute atomic E-state index is 0.0482. The Morgan fingerprint density at radius 2 is 2.00 bits per heavy atom. The third-order valence-electron chi connectivity index (χ3n) is 7.40. The zero-order valence-corrected chi connectivity index (χ0v) is 22.3. The van der Waals surface area contributed by atoms with Crippen LogP contribution in [0, 0.1) is 5.92 Å². The SMILES string of the molecule is CCCCCc1cc2c(c(O)c1C(=O)NCc1ccccc1Br)C1C=C(C)CCC1C(C)(C)O2. The minimum Gasteiger partial charge on any atom is -0.507 e. The number of allylic oxidation sites excluding steroid dienone is 2. The van der Waals surface area contributed by atoms with E-state index >= 15 is 0 Å². The van der Waals surface area contributed by atoms with Gasteiger partial charge in [-0.05, 0) is 69.7 Å². The number of unbranched alkanes of at least 4 members (excludes halogenated alkanes) is 2. The molecule has 5 heteroatoms.